The van der Waals surface area contributed by atoms with Gasteiger partial charge in [0, 0.05) is 35.9 Å². The molecule has 6 aromatic rings. The Morgan fingerprint density at radius 2 is 0.507 bits per heavy atom. The topological polar surface area (TPSA) is 651 Å². The molecule has 0 saturated heterocycles. The summed E-state index contributed by atoms with van der Waals surface area (Å²) in [4.78, 5) is 126. The molecule has 384 valence electrons. The van der Waals surface area contributed by atoms with E-state index >= 15 is 0 Å². The molecule has 8 rings (SSSR count). The summed E-state index contributed by atoms with van der Waals surface area (Å²) in [6.07, 6.45) is 6.71. The van der Waals surface area contributed by atoms with Crippen LogP contribution in [0.15, 0.2) is 97.6 Å². The van der Waals surface area contributed by atoms with E-state index in [0.717, 1.165) is 0 Å². The maximum absolute atomic E-state index is 11.8. The minimum Gasteiger partial charge on any atom is -0.545 e. The summed E-state index contributed by atoms with van der Waals surface area (Å²) < 4.78 is 0. The fourth-order valence-electron chi connectivity index (χ4n) is 6.00. The Labute approximate surface area is 417 Å². The molecule has 0 aliphatic heterocycles. The van der Waals surface area contributed by atoms with Gasteiger partial charge in [-0.25, -0.2) is 28.8 Å². The number of aromatic nitrogens is 4. The molecule has 0 fully saturated rings. The molecule has 0 atom stereocenters. The Bertz CT molecular complexity index is 2560. The number of carboxylic acids is 8. The molecule has 4 aromatic heterocycles. The molecular weight excluding hydrogens is 1040 g/mol. The summed E-state index contributed by atoms with van der Waals surface area (Å²) in [5.41, 5.74) is -1.36. The predicted molar refractivity (Wildman–Crippen MR) is 242 cm³/mol. The second-order valence-electron chi connectivity index (χ2n) is 12.5. The van der Waals surface area contributed by atoms with Crippen molar-refractivity contribution in [3.8, 4) is 22.8 Å². The van der Waals surface area contributed by atoms with Gasteiger partial charge in [-0.2, -0.15) is 0 Å². The summed E-state index contributed by atoms with van der Waals surface area (Å²) in [5.74, 6) is -13.9. The smallest absolute Gasteiger partial charge is 0.545 e. The number of pyridine rings is 4. The number of carbonyl (C=O) groups excluding carboxylic acids is 4. The first kappa shape index (κ1) is 72.4. The van der Waals surface area contributed by atoms with E-state index < -0.39 is 92.3 Å². The van der Waals surface area contributed by atoms with Crippen molar-refractivity contribution in [2.45, 2.75) is 0 Å². The molecule has 0 spiro atoms. The molecule has 2 aromatic carbocycles. The molecule has 0 amide bonds. The van der Waals surface area contributed by atoms with Crippen molar-refractivity contribution in [1.82, 2.24) is 19.9 Å². The fourth-order valence-corrected chi connectivity index (χ4v) is 6.00. The zero-order valence-corrected chi connectivity index (χ0v) is 39.7. The van der Waals surface area contributed by atoms with Gasteiger partial charge in [0.1, 0.15) is 22.8 Å². The molecule has 73 heavy (non-hydrogen) atoms. The van der Waals surface area contributed by atoms with Crippen LogP contribution in [0, 0.1) is 0 Å². The SMILES string of the molecule is O.O.O=C([O-])c1cc(C(=O)O)c(C(=O)O)cc1C(=O)O.O=C([O-])c1cc(C(=O)O)c(C(=O)O)cc1C(=O)O.O=C1c2cccnc2-c2ncccc21.O=C1c2cccnc2-c2ncccc21.[OH3+].[OH3+].[OH3+].[OH3+].[OH3+].[OH3+].[Zn+2]. The van der Waals surface area contributed by atoms with Gasteiger partial charge in [-0.15, -0.1) is 0 Å². The third-order valence-electron chi connectivity index (χ3n) is 8.80. The van der Waals surface area contributed by atoms with Crippen LogP contribution >= 0.6 is 0 Å². The molecule has 2 aliphatic carbocycles. The van der Waals surface area contributed by atoms with Crippen LogP contribution in [-0.2, 0) is 52.3 Å². The van der Waals surface area contributed by atoms with E-state index in [1.807, 2.05) is 0 Å². The van der Waals surface area contributed by atoms with E-state index in [4.69, 9.17) is 30.6 Å². The third-order valence-corrected chi connectivity index (χ3v) is 8.80. The number of hydrogen-bond acceptors (Lipinski definition) is 16. The number of carboxylic acid groups (broad SMARTS) is 8. The minimum atomic E-state index is -1.91. The van der Waals surface area contributed by atoms with Gasteiger partial charge in [0.15, 0.2) is 11.6 Å². The number of rotatable bonds is 8. The predicted octanol–water partition coefficient (Wildman–Crippen LogP) is -5.52. The second-order valence-corrected chi connectivity index (χ2v) is 12.5. The van der Waals surface area contributed by atoms with E-state index in [9.17, 15) is 58.2 Å². The summed E-state index contributed by atoms with van der Waals surface area (Å²) >= 11 is 0. The van der Waals surface area contributed by atoms with Crippen LogP contribution in [0.1, 0.15) is 115 Å². The summed E-state index contributed by atoms with van der Waals surface area (Å²) in [6.45, 7) is 0. The van der Waals surface area contributed by atoms with Crippen molar-refractivity contribution < 1.29 is 152 Å². The molecule has 2 aliphatic rings. The maximum Gasteiger partial charge on any atom is 2.00 e. The number of hydrogen-bond donors (Lipinski definition) is 6. The molecule has 0 radical (unpaired) electrons. The molecular formula is C42H44N4O26Zn+6. The average Bonchev–Trinajstić information content (AvgIpc) is 3.73. The standard InChI is InChI=1S/2C11H6N2O.2C10H6O8.8H2O.Zn/c2*14-11-7-3-1-5-12-9(7)10-8(11)4-2-6-13-10;2*11-7(12)3-1-4(8(13)14)6(10(17)18)2-5(3)9(15)16;;;;;;;;;/h2*1-6H;2*1-2H,(H,11,12)(H,13,14)(H,15,16)(H,17,18);8*1H2;/q;;;;;;;;;;;;+2/p+4. The van der Waals surface area contributed by atoms with Crippen molar-refractivity contribution >= 4 is 59.3 Å². The van der Waals surface area contributed by atoms with Gasteiger partial charge in [-0.05, 0) is 72.8 Å². The Kier molecular flexibility index (Phi) is 29.9. The maximum atomic E-state index is 11.8. The van der Waals surface area contributed by atoms with Gasteiger partial charge in [0.05, 0.1) is 67.6 Å². The van der Waals surface area contributed by atoms with Crippen LogP contribution in [0.4, 0.5) is 0 Å². The monoisotopic (exact) mass is 1080 g/mol. The van der Waals surface area contributed by atoms with Crippen LogP contribution in [0.5, 0.6) is 0 Å². The van der Waals surface area contributed by atoms with Crippen LogP contribution < -0.4 is 10.2 Å². The van der Waals surface area contributed by atoms with Gasteiger partial charge in [-0.1, -0.05) is 0 Å². The largest absolute Gasteiger partial charge is 2.00 e. The normalized spacial score (nSPS) is 9.59. The van der Waals surface area contributed by atoms with E-state index in [0.29, 0.717) is 69.3 Å². The molecule has 0 unspecified atom stereocenters. The average molecular weight is 1090 g/mol. The zero-order valence-electron chi connectivity index (χ0n) is 36.8. The number of carbonyl (C=O) groups is 10. The van der Waals surface area contributed by atoms with E-state index in [-0.39, 0.29) is 74.9 Å². The number of nitrogens with zero attached hydrogens (tertiary/aromatic N) is 4. The van der Waals surface area contributed by atoms with E-state index in [1.54, 1.807) is 73.3 Å². The van der Waals surface area contributed by atoms with Crippen molar-refractivity contribution in [2.24, 2.45) is 0 Å². The van der Waals surface area contributed by atoms with Crippen molar-refractivity contribution in [3.05, 3.63) is 164 Å². The van der Waals surface area contributed by atoms with E-state index in [1.165, 1.54) is 0 Å². The Balaban J connectivity index is -0.000000271. The van der Waals surface area contributed by atoms with Gasteiger partial charge in [0.2, 0.25) is 0 Å². The molecule has 0 saturated carbocycles. The van der Waals surface area contributed by atoms with Crippen molar-refractivity contribution in [3.63, 3.8) is 0 Å². The molecule has 31 heteroatoms. The van der Waals surface area contributed by atoms with Crippen LogP contribution in [0.25, 0.3) is 22.8 Å². The van der Waals surface area contributed by atoms with Gasteiger partial charge >= 0.3 is 55.3 Å². The van der Waals surface area contributed by atoms with Gasteiger partial charge in [0.25, 0.3) is 0 Å². The molecule has 4 heterocycles. The molecule has 30 nitrogen and oxygen atoms in total. The summed E-state index contributed by atoms with van der Waals surface area (Å²) in [7, 11) is 0. The summed E-state index contributed by atoms with van der Waals surface area (Å²) in [6, 6.07) is 16.0. The first-order valence-electron chi connectivity index (χ1n) is 17.3. The number of aromatic carboxylic acids is 8. The van der Waals surface area contributed by atoms with Crippen LogP contribution in [-0.4, -0.2) is 121 Å². The number of ketones is 2. The number of fused-ring (bicyclic) bond motifs is 6. The number of benzene rings is 2. The zero-order chi connectivity index (χ0) is 47.2. The van der Waals surface area contributed by atoms with Crippen LogP contribution in [0.3, 0.4) is 0 Å². The van der Waals surface area contributed by atoms with Crippen molar-refractivity contribution in [2.75, 3.05) is 0 Å². The second kappa shape index (κ2) is 30.1. The Morgan fingerprint density at radius 1 is 0.342 bits per heavy atom. The van der Waals surface area contributed by atoms with Crippen molar-refractivity contribution in [1.29, 1.82) is 0 Å². The fraction of sp³-hybridized carbons (Fsp3) is 0. The third kappa shape index (κ3) is 15.2. The van der Waals surface area contributed by atoms with Crippen LogP contribution in [0.2, 0.25) is 0 Å². The molecule has 0 bridgehead atoms. The van der Waals surface area contributed by atoms with Gasteiger partial charge in [-0.3, -0.25) is 29.5 Å². The Hall–Kier alpha value is -9.56. The van der Waals surface area contributed by atoms with Gasteiger partial charge < -0.3 is 94.3 Å². The minimum absolute atomic E-state index is 0. The summed E-state index contributed by atoms with van der Waals surface area (Å²) in [5, 5.41) is 73.7. The Morgan fingerprint density at radius 3 is 0.671 bits per heavy atom. The van der Waals surface area contributed by atoms with E-state index in [2.05, 4.69) is 19.9 Å². The molecule has 28 N–H and O–H groups in total. The first-order valence-corrected chi connectivity index (χ1v) is 17.3. The quantitative estimate of drug-likeness (QED) is 0.0610. The first-order chi connectivity index (χ1) is 30.3.